The number of nitrogens with one attached hydrogen (secondary N) is 1. The van der Waals surface area contributed by atoms with Gasteiger partial charge >= 0.3 is 5.97 Å². The van der Waals surface area contributed by atoms with Crippen molar-refractivity contribution in [1.29, 1.82) is 0 Å². The summed E-state index contributed by atoms with van der Waals surface area (Å²) in [6.45, 7) is 11.4. The van der Waals surface area contributed by atoms with Crippen LogP contribution in [0.4, 0.5) is 14.6 Å². The molecule has 3 N–H and O–H groups in total. The van der Waals surface area contributed by atoms with Gasteiger partial charge in [0, 0.05) is 12.1 Å². The fourth-order valence-electron chi connectivity index (χ4n) is 6.25. The average molecular weight is 622 g/mol. The van der Waals surface area contributed by atoms with Gasteiger partial charge in [-0.25, -0.2) is 8.78 Å². The number of nitrogens with zero attached hydrogens (tertiary/aromatic N) is 1. The van der Waals surface area contributed by atoms with E-state index in [2.05, 4.69) is 39.9 Å². The third-order valence-corrected chi connectivity index (χ3v) is 8.77. The van der Waals surface area contributed by atoms with Gasteiger partial charge in [0.25, 0.3) is 5.56 Å². The van der Waals surface area contributed by atoms with Gasteiger partial charge in [-0.05, 0) is 91.8 Å². The van der Waals surface area contributed by atoms with Crippen LogP contribution in [-0.4, -0.2) is 35.0 Å². The second kappa shape index (κ2) is 15.0. The first kappa shape index (κ1) is 34.0. The summed E-state index contributed by atoms with van der Waals surface area (Å²) >= 11 is 0. The van der Waals surface area contributed by atoms with Crippen LogP contribution >= 0.6 is 0 Å². The highest BCUT2D eigenvalue weighted by Crippen LogP contribution is 2.35. The number of ketones is 1. The number of nitrogens with two attached hydrogens (primary N) is 1. The normalized spacial score (nSPS) is 19.1. The molecule has 0 bridgehead atoms. The molecule has 7 nitrogen and oxygen atoms in total. The number of nitrogen functional groups attached to an aromatic ring is 1. The van der Waals surface area contributed by atoms with E-state index >= 15 is 0 Å². The standard InChI is InChI=1S/C36H45F2N3O4/c1-21(2)18-31(36(44)45-32-19-23(5)6-12-27(32)22(3)4)40-17-16-24-7-10-26(11-8-24)41-33(42)15-14-29(35(41)39)34(43)28-13-9-25(37)20-30(28)38/h7-11,13-15,20-23,27,31-32,40H,6,12,16-19,39H2,1-5H3/t23-,27-,31-,32+/m0/s1. The number of anilines is 1. The van der Waals surface area contributed by atoms with Crippen LogP contribution in [0.5, 0.6) is 0 Å². The highest BCUT2D eigenvalue weighted by Gasteiger charge is 2.35. The summed E-state index contributed by atoms with van der Waals surface area (Å²) in [5.41, 5.74) is 6.78. The number of aromatic nitrogens is 1. The second-order valence-corrected chi connectivity index (χ2v) is 13.1. The quantitative estimate of drug-likeness (QED) is 0.177. The van der Waals surface area contributed by atoms with Crippen molar-refractivity contribution in [1.82, 2.24) is 9.88 Å². The zero-order valence-corrected chi connectivity index (χ0v) is 26.8. The molecule has 3 aromatic rings. The van der Waals surface area contributed by atoms with Crippen molar-refractivity contribution in [3.05, 3.63) is 93.3 Å². The van der Waals surface area contributed by atoms with Crippen molar-refractivity contribution in [2.75, 3.05) is 12.3 Å². The molecule has 4 atom stereocenters. The fraction of sp³-hybridized carbons (Fsp3) is 0.472. The number of benzene rings is 2. The molecule has 2 aromatic carbocycles. The molecule has 45 heavy (non-hydrogen) atoms. The maximum Gasteiger partial charge on any atom is 0.323 e. The number of halogens is 2. The molecule has 0 unspecified atom stereocenters. The van der Waals surface area contributed by atoms with Crippen molar-refractivity contribution in [2.24, 2.45) is 23.7 Å². The molecule has 0 saturated heterocycles. The number of carbonyl (C=O) groups is 2. The lowest BCUT2D eigenvalue weighted by molar-refractivity contribution is -0.159. The van der Waals surface area contributed by atoms with Gasteiger partial charge < -0.3 is 15.8 Å². The number of hydrogen-bond acceptors (Lipinski definition) is 6. The SMILES string of the molecule is CC(C)C[C@H](NCCc1ccc(-n2c(N)c(C(=O)c3ccc(F)cc3F)ccc2=O)cc1)C(=O)O[C@@H]1C[C@@H](C)CC[C@H]1C(C)C. The van der Waals surface area contributed by atoms with Crippen LogP contribution in [0.2, 0.25) is 0 Å². The van der Waals surface area contributed by atoms with E-state index in [9.17, 15) is 23.2 Å². The summed E-state index contributed by atoms with van der Waals surface area (Å²) in [5, 5.41) is 3.41. The Hall–Kier alpha value is -3.85. The number of esters is 1. The molecule has 1 aromatic heterocycles. The second-order valence-electron chi connectivity index (χ2n) is 13.1. The van der Waals surface area contributed by atoms with Gasteiger partial charge in [0.05, 0.1) is 16.8 Å². The number of hydrogen-bond donors (Lipinski definition) is 2. The van der Waals surface area contributed by atoms with E-state index in [-0.39, 0.29) is 29.0 Å². The predicted molar refractivity (Wildman–Crippen MR) is 172 cm³/mol. The van der Waals surface area contributed by atoms with Gasteiger partial charge in [-0.2, -0.15) is 0 Å². The Balaban J connectivity index is 1.43. The molecule has 1 aliphatic carbocycles. The minimum atomic E-state index is -1.01. The first-order valence-electron chi connectivity index (χ1n) is 15.9. The Labute approximate surface area is 264 Å². The summed E-state index contributed by atoms with van der Waals surface area (Å²) in [5.74, 6) is -1.20. The Morgan fingerprint density at radius 3 is 2.33 bits per heavy atom. The van der Waals surface area contributed by atoms with E-state index in [1.54, 1.807) is 12.1 Å². The molecule has 1 heterocycles. The Morgan fingerprint density at radius 2 is 1.69 bits per heavy atom. The largest absolute Gasteiger partial charge is 0.461 e. The molecule has 0 spiro atoms. The first-order valence-corrected chi connectivity index (χ1v) is 15.9. The van der Waals surface area contributed by atoms with E-state index in [1.807, 2.05) is 12.1 Å². The Morgan fingerprint density at radius 1 is 1.00 bits per heavy atom. The van der Waals surface area contributed by atoms with Crippen LogP contribution in [0.1, 0.15) is 81.8 Å². The predicted octanol–water partition coefficient (Wildman–Crippen LogP) is 6.48. The summed E-state index contributed by atoms with van der Waals surface area (Å²) in [6, 6.07) is 11.8. The summed E-state index contributed by atoms with van der Waals surface area (Å²) < 4.78 is 35.0. The van der Waals surface area contributed by atoms with E-state index in [4.69, 9.17) is 10.5 Å². The van der Waals surface area contributed by atoms with Crippen LogP contribution in [0, 0.1) is 35.3 Å². The van der Waals surface area contributed by atoms with Gasteiger partial charge in [0.1, 0.15) is 29.6 Å². The van der Waals surface area contributed by atoms with E-state index < -0.39 is 29.0 Å². The van der Waals surface area contributed by atoms with Gasteiger partial charge in [0.2, 0.25) is 0 Å². The monoisotopic (exact) mass is 621 g/mol. The van der Waals surface area contributed by atoms with E-state index in [0.29, 0.717) is 54.8 Å². The number of pyridine rings is 1. The maximum atomic E-state index is 14.3. The molecule has 0 aliphatic heterocycles. The zero-order chi connectivity index (χ0) is 32.8. The Bertz CT molecular complexity index is 1550. The van der Waals surface area contributed by atoms with Crippen molar-refractivity contribution < 1.29 is 23.1 Å². The Kier molecular flexibility index (Phi) is 11.3. The van der Waals surface area contributed by atoms with Crippen LogP contribution in [0.3, 0.4) is 0 Å². The van der Waals surface area contributed by atoms with Crippen LogP contribution < -0.4 is 16.6 Å². The smallest absolute Gasteiger partial charge is 0.323 e. The van der Waals surface area contributed by atoms with Crippen molar-refractivity contribution >= 4 is 17.6 Å². The van der Waals surface area contributed by atoms with Crippen LogP contribution in [0.25, 0.3) is 5.69 Å². The van der Waals surface area contributed by atoms with Crippen LogP contribution in [0.15, 0.2) is 59.4 Å². The highest BCUT2D eigenvalue weighted by molar-refractivity contribution is 6.11. The number of rotatable bonds is 12. The lowest BCUT2D eigenvalue weighted by atomic mass is 9.75. The molecule has 9 heteroatoms. The van der Waals surface area contributed by atoms with Gasteiger partial charge in [-0.15, -0.1) is 0 Å². The van der Waals surface area contributed by atoms with Gasteiger partial charge in [0.15, 0.2) is 5.78 Å². The summed E-state index contributed by atoms with van der Waals surface area (Å²) in [7, 11) is 0. The minimum absolute atomic E-state index is 0.0513. The van der Waals surface area contributed by atoms with Crippen molar-refractivity contribution in [3.63, 3.8) is 0 Å². The molecule has 242 valence electrons. The molecular weight excluding hydrogens is 576 g/mol. The van der Waals surface area contributed by atoms with E-state index in [1.165, 1.54) is 23.1 Å². The highest BCUT2D eigenvalue weighted by atomic mass is 19.1. The number of carbonyl (C=O) groups excluding carboxylic acids is 2. The first-order chi connectivity index (χ1) is 21.3. The third kappa shape index (κ3) is 8.45. The molecule has 1 saturated carbocycles. The maximum absolute atomic E-state index is 14.3. The molecule has 1 fully saturated rings. The van der Waals surface area contributed by atoms with Gasteiger partial charge in [-0.3, -0.25) is 19.0 Å². The molecule has 0 radical (unpaired) electrons. The molecular formula is C36H45F2N3O4. The zero-order valence-electron chi connectivity index (χ0n) is 26.8. The lowest BCUT2D eigenvalue weighted by Gasteiger charge is -2.37. The number of ether oxygens (including phenoxy) is 1. The van der Waals surface area contributed by atoms with E-state index in [0.717, 1.165) is 30.5 Å². The average Bonchev–Trinajstić information content (AvgIpc) is 2.97. The summed E-state index contributed by atoms with van der Waals surface area (Å²) in [4.78, 5) is 39.1. The lowest BCUT2D eigenvalue weighted by Crippen LogP contribution is -2.44. The topological polar surface area (TPSA) is 103 Å². The van der Waals surface area contributed by atoms with Gasteiger partial charge in [-0.1, -0.05) is 53.2 Å². The molecule has 1 aliphatic rings. The fourth-order valence-corrected chi connectivity index (χ4v) is 6.25. The van der Waals surface area contributed by atoms with Crippen LogP contribution in [-0.2, 0) is 16.0 Å². The molecule has 0 amide bonds. The third-order valence-electron chi connectivity index (χ3n) is 8.77. The van der Waals surface area contributed by atoms with Crippen molar-refractivity contribution in [3.8, 4) is 5.69 Å². The summed E-state index contributed by atoms with van der Waals surface area (Å²) in [6.07, 6.45) is 4.41. The molecule has 4 rings (SSSR count). The minimum Gasteiger partial charge on any atom is -0.461 e. The van der Waals surface area contributed by atoms with Crippen molar-refractivity contribution in [2.45, 2.75) is 78.9 Å².